The van der Waals surface area contributed by atoms with Crippen molar-refractivity contribution in [2.75, 3.05) is 82.5 Å². The molecule has 0 spiro atoms. The Bertz CT molecular complexity index is 2110. The normalized spacial score (nSPS) is 15.8. The van der Waals surface area contributed by atoms with Crippen LogP contribution in [0.15, 0.2) is 114 Å². The van der Waals surface area contributed by atoms with E-state index in [-0.39, 0.29) is 29.2 Å². The van der Waals surface area contributed by atoms with Crippen LogP contribution in [0, 0.1) is 0 Å². The highest BCUT2D eigenvalue weighted by atomic mass is 32.2. The molecule has 11 nitrogen and oxygen atoms in total. The Labute approximate surface area is 337 Å². The zero-order valence-electron chi connectivity index (χ0n) is 33.5. The van der Waals surface area contributed by atoms with Crippen LogP contribution >= 0.6 is 0 Å². The Morgan fingerprint density at radius 3 is 1.88 bits per heavy atom. The van der Waals surface area contributed by atoms with Crippen LogP contribution in [-0.2, 0) is 43.7 Å². The first kappa shape index (κ1) is 41.2. The number of amides is 3. The molecule has 0 aliphatic carbocycles. The Kier molecular flexibility index (Phi) is 13.5. The van der Waals surface area contributed by atoms with Crippen molar-refractivity contribution in [1.29, 1.82) is 0 Å². The molecule has 1 atom stereocenters. The van der Waals surface area contributed by atoms with Crippen LogP contribution in [0.5, 0.6) is 0 Å². The number of carbonyl (C=O) groups excluding carboxylic acids is 3. The van der Waals surface area contributed by atoms with E-state index in [1.54, 1.807) is 30.0 Å². The Hall–Kier alpha value is -5.46. The van der Waals surface area contributed by atoms with E-state index in [1.165, 1.54) is 23.8 Å². The molecule has 2 aliphatic rings. The fraction of sp³-hybridized carbons (Fsp3) is 0.356. The summed E-state index contributed by atoms with van der Waals surface area (Å²) in [5.41, 5.74) is 5.92. The first-order valence-electron chi connectivity index (χ1n) is 19.5. The van der Waals surface area contributed by atoms with Gasteiger partial charge in [0.25, 0.3) is 0 Å². The second kappa shape index (κ2) is 18.7. The molecule has 2 aliphatic heterocycles. The van der Waals surface area contributed by atoms with Crippen molar-refractivity contribution in [3.63, 3.8) is 0 Å². The molecule has 3 amide bonds. The van der Waals surface area contributed by atoms with Crippen LogP contribution in [-0.4, -0.2) is 124 Å². The largest absolute Gasteiger partial charge is 0.378 e. The highest BCUT2D eigenvalue weighted by molar-refractivity contribution is 7.90. The fourth-order valence-electron chi connectivity index (χ4n) is 7.38. The molecule has 0 N–H and O–H groups in total. The van der Waals surface area contributed by atoms with E-state index in [1.807, 2.05) is 78.5 Å². The molecular weight excluding hydrogens is 737 g/mol. The average Bonchev–Trinajstić information content (AvgIpc) is 3.22. The lowest BCUT2D eigenvalue weighted by atomic mass is 10.0. The average molecular weight is 791 g/mol. The van der Waals surface area contributed by atoms with Gasteiger partial charge in [0.05, 0.1) is 4.90 Å². The molecule has 4 aromatic rings. The lowest BCUT2D eigenvalue weighted by Gasteiger charge is -2.39. The summed E-state index contributed by atoms with van der Waals surface area (Å²) < 4.78 is 24.1. The van der Waals surface area contributed by atoms with E-state index < -0.39 is 15.9 Å². The van der Waals surface area contributed by atoms with Gasteiger partial charge in [0.2, 0.25) is 17.7 Å². The minimum absolute atomic E-state index is 0.0854. The van der Waals surface area contributed by atoms with Gasteiger partial charge in [-0.25, -0.2) is 8.42 Å². The molecule has 12 heteroatoms. The maximum absolute atomic E-state index is 14.7. The van der Waals surface area contributed by atoms with Gasteiger partial charge < -0.3 is 24.5 Å². The molecule has 0 aromatic heterocycles. The molecule has 2 fully saturated rings. The van der Waals surface area contributed by atoms with Gasteiger partial charge in [-0.15, -0.1) is 0 Å². The molecule has 0 radical (unpaired) electrons. The van der Waals surface area contributed by atoms with Gasteiger partial charge in [-0.2, -0.15) is 0 Å². The number of hydrogen-bond acceptors (Lipinski definition) is 8. The summed E-state index contributed by atoms with van der Waals surface area (Å²) >= 11 is 0. The number of nitrogens with zero attached hydrogens (tertiary/aromatic N) is 6. The lowest BCUT2D eigenvalue weighted by Crippen LogP contribution is -2.56. The summed E-state index contributed by atoms with van der Waals surface area (Å²) in [7, 11) is 0.691. The zero-order valence-corrected chi connectivity index (χ0v) is 34.3. The predicted molar refractivity (Wildman–Crippen MR) is 227 cm³/mol. The summed E-state index contributed by atoms with van der Waals surface area (Å²) in [5, 5.41) is 0. The zero-order chi connectivity index (χ0) is 40.5. The van der Waals surface area contributed by atoms with Gasteiger partial charge in [0, 0.05) is 117 Å². The smallest absolute Gasteiger partial charge is 0.247 e. The van der Waals surface area contributed by atoms with Crippen molar-refractivity contribution in [2.45, 2.75) is 37.4 Å². The van der Waals surface area contributed by atoms with Gasteiger partial charge >= 0.3 is 0 Å². The molecule has 2 heterocycles. The minimum Gasteiger partial charge on any atom is -0.378 e. The number of piperazine rings is 2. The number of carbonyl (C=O) groups is 3. The molecule has 0 unspecified atom stereocenters. The maximum atomic E-state index is 14.7. The molecule has 6 rings (SSSR count). The van der Waals surface area contributed by atoms with Crippen LogP contribution in [0.25, 0.3) is 6.08 Å². The third-order valence-electron chi connectivity index (χ3n) is 10.9. The summed E-state index contributed by atoms with van der Waals surface area (Å²) in [6.45, 7) is 7.97. The highest BCUT2D eigenvalue weighted by Crippen LogP contribution is 2.23. The number of sulfone groups is 1. The van der Waals surface area contributed by atoms with Crippen molar-refractivity contribution in [3.8, 4) is 0 Å². The standard InChI is InChI=1S/C45H54N6O5S/c1-35(52)48-28-30-49(31-29-48)41-19-12-39(13-20-41)34-51(44(53)23-16-36-14-21-42(22-15-36)57(4,55)56)43(32-37-8-6-5-7-9-37)45(54)50-26-24-47(25-27-50)33-38-10-17-40(18-11-38)46(2)3/h5-23,43H,24-34H2,1-4H3/t43-/m0/s1. The number of rotatable bonds is 13. The van der Waals surface area contributed by atoms with Crippen LogP contribution in [0.3, 0.4) is 0 Å². The topological polar surface area (TPSA) is 105 Å². The summed E-state index contributed by atoms with van der Waals surface area (Å²) in [4.78, 5) is 53.3. The lowest BCUT2D eigenvalue weighted by molar-refractivity contribution is -0.145. The predicted octanol–water partition coefficient (Wildman–Crippen LogP) is 4.82. The van der Waals surface area contributed by atoms with Gasteiger partial charge in [-0.1, -0.05) is 66.7 Å². The molecule has 0 bridgehead atoms. The first-order chi connectivity index (χ1) is 27.3. The summed E-state index contributed by atoms with van der Waals surface area (Å²) in [6.07, 6.45) is 4.65. The summed E-state index contributed by atoms with van der Waals surface area (Å²) in [5.74, 6) is -0.323. The van der Waals surface area contributed by atoms with Crippen molar-refractivity contribution in [2.24, 2.45) is 0 Å². The van der Waals surface area contributed by atoms with Crippen molar-refractivity contribution in [1.82, 2.24) is 19.6 Å². The van der Waals surface area contributed by atoms with Crippen molar-refractivity contribution >= 4 is 45.0 Å². The van der Waals surface area contributed by atoms with E-state index in [0.717, 1.165) is 61.5 Å². The molecular formula is C45H54N6O5S. The number of anilines is 2. The van der Waals surface area contributed by atoms with Crippen molar-refractivity contribution < 1.29 is 22.8 Å². The van der Waals surface area contributed by atoms with E-state index in [2.05, 4.69) is 39.0 Å². The number of hydrogen-bond donors (Lipinski definition) is 0. The van der Waals surface area contributed by atoms with Crippen LogP contribution in [0.2, 0.25) is 0 Å². The van der Waals surface area contributed by atoms with Gasteiger partial charge in [0.15, 0.2) is 9.84 Å². The Morgan fingerprint density at radius 1 is 0.702 bits per heavy atom. The fourth-order valence-corrected chi connectivity index (χ4v) is 8.01. The monoisotopic (exact) mass is 790 g/mol. The van der Waals surface area contributed by atoms with Crippen LogP contribution in [0.1, 0.15) is 29.2 Å². The molecule has 57 heavy (non-hydrogen) atoms. The molecule has 4 aromatic carbocycles. The third kappa shape index (κ3) is 11.1. The minimum atomic E-state index is -3.37. The highest BCUT2D eigenvalue weighted by Gasteiger charge is 2.34. The van der Waals surface area contributed by atoms with Crippen molar-refractivity contribution in [3.05, 3.63) is 131 Å². The van der Waals surface area contributed by atoms with Gasteiger partial charge in [-0.3, -0.25) is 19.3 Å². The number of benzene rings is 4. The Balaban J connectivity index is 1.24. The quantitative estimate of drug-likeness (QED) is 0.178. The SMILES string of the molecule is CC(=O)N1CCN(c2ccc(CN(C(=O)C=Cc3ccc(S(C)(=O)=O)cc3)[C@@H](Cc3ccccc3)C(=O)N3CCN(Cc4ccc(N(C)C)cc4)CC3)cc2)CC1. The van der Waals surface area contributed by atoms with Crippen LogP contribution in [0.4, 0.5) is 11.4 Å². The molecule has 300 valence electrons. The molecule has 2 saturated heterocycles. The second-order valence-corrected chi connectivity index (χ2v) is 17.2. The van der Waals surface area contributed by atoms with E-state index >= 15 is 0 Å². The maximum Gasteiger partial charge on any atom is 0.247 e. The van der Waals surface area contributed by atoms with E-state index in [4.69, 9.17) is 0 Å². The summed E-state index contributed by atoms with van der Waals surface area (Å²) in [6, 6.07) is 32.1. The second-order valence-electron chi connectivity index (χ2n) is 15.2. The van der Waals surface area contributed by atoms with Crippen LogP contribution < -0.4 is 9.80 Å². The van der Waals surface area contributed by atoms with Gasteiger partial charge in [-0.05, 0) is 64.7 Å². The Morgan fingerprint density at radius 2 is 1.30 bits per heavy atom. The van der Waals surface area contributed by atoms with E-state index in [9.17, 15) is 22.8 Å². The third-order valence-corrected chi connectivity index (χ3v) is 12.0. The first-order valence-corrected chi connectivity index (χ1v) is 21.4. The molecule has 0 saturated carbocycles. The van der Waals surface area contributed by atoms with E-state index in [0.29, 0.717) is 38.2 Å². The van der Waals surface area contributed by atoms with Gasteiger partial charge in [0.1, 0.15) is 6.04 Å².